The van der Waals surface area contributed by atoms with E-state index < -0.39 is 6.55 Å². The Labute approximate surface area is 147 Å². The van der Waals surface area contributed by atoms with E-state index in [-0.39, 0.29) is 18.2 Å². The zero-order valence-electron chi connectivity index (χ0n) is 14.7. The van der Waals surface area contributed by atoms with Gasteiger partial charge in [0.25, 0.3) is 5.91 Å². The lowest BCUT2D eigenvalue weighted by atomic mass is 9.94. The third kappa shape index (κ3) is 3.87. The molecule has 0 spiro atoms. The highest BCUT2D eigenvalue weighted by atomic mass is 19.3. The molecule has 1 aromatic heterocycles. The average molecular weight is 355 g/mol. The summed E-state index contributed by atoms with van der Waals surface area (Å²) in [5, 5.41) is 9.38. The van der Waals surface area contributed by atoms with Crippen LogP contribution in [0, 0.1) is 12.8 Å². The minimum atomic E-state index is -2.70. The highest BCUT2D eigenvalue weighted by molar-refractivity contribution is 5.93. The molecule has 0 bridgehead atoms. The van der Waals surface area contributed by atoms with E-state index in [1.165, 1.54) is 6.07 Å². The summed E-state index contributed by atoms with van der Waals surface area (Å²) in [6.07, 6.45) is 3.90. The van der Waals surface area contributed by atoms with Crippen LogP contribution >= 0.6 is 0 Å². The highest BCUT2D eigenvalue weighted by Crippen LogP contribution is 2.25. The number of aliphatic hydroxyl groups is 1. The lowest BCUT2D eigenvalue weighted by molar-refractivity contribution is 0.0397. The standard InChI is InChI=1S/C18H27F2N3O2/c1-13-4-5-16(23(13)18(19)20)17(25)21-9-6-15(7-10-21)22-8-2-3-14(11-22)12-24/h4-5,14-15,18,24H,2-3,6-12H2,1H3. The van der Waals surface area contributed by atoms with Crippen molar-refractivity contribution in [3.05, 3.63) is 23.5 Å². The molecule has 2 aliphatic rings. The molecule has 140 valence electrons. The van der Waals surface area contributed by atoms with Gasteiger partial charge in [0.05, 0.1) is 0 Å². The molecule has 3 rings (SSSR count). The third-order valence-electron chi connectivity index (χ3n) is 5.61. The van der Waals surface area contributed by atoms with Gasteiger partial charge in [-0.05, 0) is 57.2 Å². The van der Waals surface area contributed by atoms with E-state index >= 15 is 0 Å². The number of amides is 1. The summed E-state index contributed by atoms with van der Waals surface area (Å²) >= 11 is 0. The van der Waals surface area contributed by atoms with Crippen LogP contribution in [0.3, 0.4) is 0 Å². The van der Waals surface area contributed by atoms with Gasteiger partial charge < -0.3 is 10.0 Å². The van der Waals surface area contributed by atoms with Crippen molar-refractivity contribution in [1.29, 1.82) is 0 Å². The molecule has 1 atom stereocenters. The van der Waals surface area contributed by atoms with Crippen LogP contribution < -0.4 is 0 Å². The molecule has 0 saturated carbocycles. The van der Waals surface area contributed by atoms with Crippen LogP contribution in [0.1, 0.15) is 48.4 Å². The van der Waals surface area contributed by atoms with Crippen molar-refractivity contribution < 1.29 is 18.7 Å². The normalized spacial score (nSPS) is 23.4. The maximum atomic E-state index is 13.2. The van der Waals surface area contributed by atoms with Gasteiger partial charge in [-0.25, -0.2) is 0 Å². The fourth-order valence-electron chi connectivity index (χ4n) is 4.16. The zero-order valence-corrected chi connectivity index (χ0v) is 14.7. The lowest BCUT2D eigenvalue weighted by Crippen LogP contribution is -2.50. The Morgan fingerprint density at radius 2 is 1.96 bits per heavy atom. The van der Waals surface area contributed by atoms with Crippen LogP contribution in [0.5, 0.6) is 0 Å². The molecule has 7 heteroatoms. The van der Waals surface area contributed by atoms with Crippen molar-refractivity contribution in [3.8, 4) is 0 Å². The van der Waals surface area contributed by atoms with Gasteiger partial charge >= 0.3 is 6.55 Å². The summed E-state index contributed by atoms with van der Waals surface area (Å²) < 4.78 is 27.2. The maximum absolute atomic E-state index is 13.2. The number of aliphatic hydroxyl groups excluding tert-OH is 1. The monoisotopic (exact) mass is 355 g/mol. The average Bonchev–Trinajstić information content (AvgIpc) is 3.03. The number of carbonyl (C=O) groups excluding carboxylic acids is 1. The van der Waals surface area contributed by atoms with E-state index in [9.17, 15) is 18.7 Å². The number of carbonyl (C=O) groups is 1. The first-order valence-corrected chi connectivity index (χ1v) is 9.11. The van der Waals surface area contributed by atoms with Gasteiger partial charge in [0, 0.05) is 38.0 Å². The molecule has 0 radical (unpaired) electrons. The molecule has 2 saturated heterocycles. The van der Waals surface area contributed by atoms with Crippen molar-refractivity contribution >= 4 is 5.91 Å². The second-order valence-electron chi connectivity index (χ2n) is 7.22. The van der Waals surface area contributed by atoms with Crippen molar-refractivity contribution in [2.75, 3.05) is 32.8 Å². The molecular formula is C18H27F2N3O2. The number of rotatable bonds is 4. The number of aromatic nitrogens is 1. The van der Waals surface area contributed by atoms with Crippen molar-refractivity contribution in [2.45, 2.75) is 45.2 Å². The second-order valence-corrected chi connectivity index (χ2v) is 7.22. The van der Waals surface area contributed by atoms with Crippen molar-refractivity contribution in [3.63, 3.8) is 0 Å². The van der Waals surface area contributed by atoms with Crippen molar-refractivity contribution in [2.24, 2.45) is 5.92 Å². The van der Waals surface area contributed by atoms with E-state index in [2.05, 4.69) is 4.90 Å². The number of piperidine rings is 2. The first-order valence-electron chi connectivity index (χ1n) is 9.11. The molecule has 2 aliphatic heterocycles. The Morgan fingerprint density at radius 1 is 1.24 bits per heavy atom. The van der Waals surface area contributed by atoms with E-state index in [0.29, 0.717) is 30.7 Å². The van der Waals surface area contributed by atoms with E-state index in [1.54, 1.807) is 17.9 Å². The summed E-state index contributed by atoms with van der Waals surface area (Å²) in [4.78, 5) is 16.8. The molecular weight excluding hydrogens is 328 g/mol. The Bertz CT molecular complexity index is 597. The molecule has 25 heavy (non-hydrogen) atoms. The number of likely N-dealkylation sites (tertiary alicyclic amines) is 2. The first-order chi connectivity index (χ1) is 12.0. The van der Waals surface area contributed by atoms with Crippen LogP contribution in [0.4, 0.5) is 8.78 Å². The van der Waals surface area contributed by atoms with Crippen LogP contribution in [-0.2, 0) is 0 Å². The summed E-state index contributed by atoms with van der Waals surface area (Å²) in [5.41, 5.74) is 0.473. The largest absolute Gasteiger partial charge is 0.396 e. The fraction of sp³-hybridized carbons (Fsp3) is 0.722. The predicted molar refractivity (Wildman–Crippen MR) is 90.7 cm³/mol. The quantitative estimate of drug-likeness (QED) is 0.903. The molecule has 1 amide bonds. The third-order valence-corrected chi connectivity index (χ3v) is 5.61. The number of alkyl halides is 2. The summed E-state index contributed by atoms with van der Waals surface area (Å²) in [5.74, 6) is 0.0458. The van der Waals surface area contributed by atoms with Crippen LogP contribution in [0.2, 0.25) is 0 Å². The number of halogens is 2. The highest BCUT2D eigenvalue weighted by Gasteiger charge is 2.31. The first kappa shape index (κ1) is 18.3. The predicted octanol–water partition coefficient (Wildman–Crippen LogP) is 2.50. The van der Waals surface area contributed by atoms with Crippen LogP contribution in [-0.4, -0.2) is 64.2 Å². The number of hydrogen-bond donors (Lipinski definition) is 1. The summed E-state index contributed by atoms with van der Waals surface area (Å²) in [6.45, 7) is 2.27. The smallest absolute Gasteiger partial charge is 0.319 e. The molecule has 2 fully saturated rings. The Hall–Kier alpha value is -1.47. The van der Waals surface area contributed by atoms with Crippen LogP contribution in [0.15, 0.2) is 12.1 Å². The van der Waals surface area contributed by atoms with Gasteiger partial charge in [-0.3, -0.25) is 14.3 Å². The Kier molecular flexibility index (Phi) is 5.74. The SMILES string of the molecule is Cc1ccc(C(=O)N2CCC(N3CCCC(CO)C3)CC2)n1C(F)F. The van der Waals surface area contributed by atoms with E-state index in [4.69, 9.17) is 0 Å². The van der Waals surface area contributed by atoms with Crippen LogP contribution in [0.25, 0.3) is 0 Å². The molecule has 3 heterocycles. The van der Waals surface area contributed by atoms with Gasteiger partial charge in [0.15, 0.2) is 0 Å². The molecule has 1 unspecified atom stereocenters. The molecule has 1 N–H and O–H groups in total. The molecule has 0 aliphatic carbocycles. The Balaban J connectivity index is 1.60. The number of nitrogens with zero attached hydrogens (tertiary/aromatic N) is 3. The van der Waals surface area contributed by atoms with E-state index in [0.717, 1.165) is 43.3 Å². The van der Waals surface area contributed by atoms with Gasteiger partial charge in [0.2, 0.25) is 0 Å². The lowest BCUT2D eigenvalue weighted by Gasteiger charge is -2.42. The minimum Gasteiger partial charge on any atom is -0.396 e. The summed E-state index contributed by atoms with van der Waals surface area (Å²) in [7, 11) is 0. The van der Waals surface area contributed by atoms with Gasteiger partial charge in [-0.15, -0.1) is 0 Å². The summed E-state index contributed by atoms with van der Waals surface area (Å²) in [6, 6.07) is 3.48. The zero-order chi connectivity index (χ0) is 18.0. The molecule has 1 aromatic rings. The van der Waals surface area contributed by atoms with E-state index in [1.807, 2.05) is 0 Å². The number of hydrogen-bond acceptors (Lipinski definition) is 3. The number of aryl methyl sites for hydroxylation is 1. The minimum absolute atomic E-state index is 0.0734. The molecule has 5 nitrogen and oxygen atoms in total. The Morgan fingerprint density at radius 3 is 2.60 bits per heavy atom. The maximum Gasteiger partial charge on any atom is 0.319 e. The van der Waals surface area contributed by atoms with Gasteiger partial charge in [0.1, 0.15) is 5.69 Å². The van der Waals surface area contributed by atoms with Gasteiger partial charge in [-0.1, -0.05) is 0 Å². The molecule has 0 aromatic carbocycles. The van der Waals surface area contributed by atoms with Crippen molar-refractivity contribution in [1.82, 2.24) is 14.4 Å². The van der Waals surface area contributed by atoms with Gasteiger partial charge in [-0.2, -0.15) is 8.78 Å². The second kappa shape index (κ2) is 7.83. The fourth-order valence-corrected chi connectivity index (χ4v) is 4.16. The topological polar surface area (TPSA) is 48.7 Å².